The fourth-order valence-corrected chi connectivity index (χ4v) is 2.99. The summed E-state index contributed by atoms with van der Waals surface area (Å²) in [5.74, 6) is -0.829. The van der Waals surface area contributed by atoms with Crippen LogP contribution in [0.15, 0.2) is 18.2 Å². The van der Waals surface area contributed by atoms with Crippen molar-refractivity contribution in [2.45, 2.75) is 37.8 Å². The van der Waals surface area contributed by atoms with E-state index in [2.05, 4.69) is 0 Å². The predicted molar refractivity (Wildman–Crippen MR) is 64.0 cm³/mol. The molecule has 0 spiro atoms. The molecule has 0 unspecified atom stereocenters. The van der Waals surface area contributed by atoms with Gasteiger partial charge in [-0.3, -0.25) is 4.79 Å². The zero-order valence-corrected chi connectivity index (χ0v) is 10.1. The molecule has 1 saturated carbocycles. The summed E-state index contributed by atoms with van der Waals surface area (Å²) < 4.78 is 12.5. The molecule has 1 fully saturated rings. The van der Waals surface area contributed by atoms with Gasteiger partial charge in [0.25, 0.3) is 0 Å². The molecule has 0 atom stereocenters. The van der Waals surface area contributed by atoms with Gasteiger partial charge in [-0.25, -0.2) is 4.39 Å². The molecular formula is C13H14ClFO2. The summed E-state index contributed by atoms with van der Waals surface area (Å²) in [5.41, 5.74) is 0.241. The fraction of sp³-hybridized carbons (Fsp3) is 0.462. The first kappa shape index (κ1) is 12.4. The molecule has 1 aromatic rings. The summed E-state index contributed by atoms with van der Waals surface area (Å²) in [6.07, 6.45) is 3.01. The minimum absolute atomic E-state index is 0.365. The van der Waals surface area contributed by atoms with E-state index in [4.69, 9.17) is 11.6 Å². The van der Waals surface area contributed by atoms with Crippen molar-refractivity contribution >= 4 is 17.6 Å². The number of rotatable bonds is 3. The Hall–Kier alpha value is -1.09. The lowest BCUT2D eigenvalue weighted by Gasteiger charge is -2.25. The van der Waals surface area contributed by atoms with E-state index in [1.54, 1.807) is 12.1 Å². The maximum absolute atomic E-state index is 12.5. The van der Waals surface area contributed by atoms with Gasteiger partial charge in [0, 0.05) is 5.02 Å². The van der Waals surface area contributed by atoms with Gasteiger partial charge in [-0.1, -0.05) is 36.6 Å². The van der Waals surface area contributed by atoms with Crippen molar-refractivity contribution in [2.24, 2.45) is 0 Å². The minimum Gasteiger partial charge on any atom is -0.481 e. The van der Waals surface area contributed by atoms with Crippen molar-refractivity contribution in [1.29, 1.82) is 0 Å². The topological polar surface area (TPSA) is 37.3 Å². The van der Waals surface area contributed by atoms with Crippen LogP contribution >= 0.6 is 11.6 Å². The van der Waals surface area contributed by atoms with Gasteiger partial charge in [0.1, 0.15) is 6.67 Å². The average molecular weight is 257 g/mol. The summed E-state index contributed by atoms with van der Waals surface area (Å²) in [6, 6.07) is 4.81. The van der Waals surface area contributed by atoms with Crippen LogP contribution in [-0.4, -0.2) is 11.1 Å². The smallest absolute Gasteiger partial charge is 0.314 e. The summed E-state index contributed by atoms with van der Waals surface area (Å²) in [6.45, 7) is -0.583. The van der Waals surface area contributed by atoms with Crippen LogP contribution in [0.2, 0.25) is 5.02 Å². The zero-order chi connectivity index (χ0) is 12.5. The molecule has 0 saturated heterocycles. The number of benzene rings is 1. The van der Waals surface area contributed by atoms with Gasteiger partial charge in [0.15, 0.2) is 0 Å². The highest BCUT2D eigenvalue weighted by Crippen LogP contribution is 2.44. The lowest BCUT2D eigenvalue weighted by Crippen LogP contribution is -2.32. The SMILES string of the molecule is O=C(O)C1(c2ccc(CF)cc2Cl)CCCC1. The van der Waals surface area contributed by atoms with Crippen LogP contribution in [-0.2, 0) is 16.9 Å². The number of alkyl halides is 1. The maximum atomic E-state index is 12.5. The molecule has 0 aromatic heterocycles. The lowest BCUT2D eigenvalue weighted by atomic mass is 9.78. The lowest BCUT2D eigenvalue weighted by molar-refractivity contribution is -0.143. The third-order valence-electron chi connectivity index (χ3n) is 3.57. The molecule has 0 aliphatic heterocycles. The molecule has 1 aliphatic rings. The Kier molecular flexibility index (Phi) is 3.38. The molecule has 0 amide bonds. The molecule has 1 N–H and O–H groups in total. The first-order valence-electron chi connectivity index (χ1n) is 5.68. The van der Waals surface area contributed by atoms with Crippen LogP contribution in [0.3, 0.4) is 0 Å². The van der Waals surface area contributed by atoms with E-state index in [9.17, 15) is 14.3 Å². The van der Waals surface area contributed by atoms with E-state index < -0.39 is 18.1 Å². The van der Waals surface area contributed by atoms with E-state index in [0.29, 0.717) is 29.0 Å². The number of halogens is 2. The Balaban J connectivity index is 2.47. The van der Waals surface area contributed by atoms with Crippen LogP contribution in [0.1, 0.15) is 36.8 Å². The molecule has 1 aromatic carbocycles. The minimum atomic E-state index is -0.869. The van der Waals surface area contributed by atoms with Gasteiger partial charge in [-0.05, 0) is 30.0 Å². The Morgan fingerprint density at radius 1 is 1.41 bits per heavy atom. The quantitative estimate of drug-likeness (QED) is 0.895. The molecule has 2 rings (SSSR count). The highest BCUT2D eigenvalue weighted by molar-refractivity contribution is 6.31. The summed E-state index contributed by atoms with van der Waals surface area (Å²) in [7, 11) is 0. The van der Waals surface area contributed by atoms with Crippen LogP contribution in [0.25, 0.3) is 0 Å². The van der Waals surface area contributed by atoms with Gasteiger partial charge >= 0.3 is 5.97 Å². The van der Waals surface area contributed by atoms with E-state index in [1.165, 1.54) is 6.07 Å². The van der Waals surface area contributed by atoms with E-state index in [1.807, 2.05) is 0 Å². The van der Waals surface area contributed by atoms with Crippen LogP contribution in [0, 0.1) is 0 Å². The second-order valence-corrected chi connectivity index (χ2v) is 4.95. The fourth-order valence-electron chi connectivity index (χ4n) is 2.61. The molecule has 17 heavy (non-hydrogen) atoms. The predicted octanol–water partition coefficient (Wildman–Crippen LogP) is 3.71. The van der Waals surface area contributed by atoms with E-state index >= 15 is 0 Å². The largest absolute Gasteiger partial charge is 0.481 e. The van der Waals surface area contributed by atoms with Crippen LogP contribution in [0.4, 0.5) is 4.39 Å². The molecular weight excluding hydrogens is 243 g/mol. The summed E-state index contributed by atoms with van der Waals surface area (Å²) >= 11 is 6.09. The molecule has 0 heterocycles. The Morgan fingerprint density at radius 3 is 2.53 bits per heavy atom. The normalized spacial score (nSPS) is 18.2. The van der Waals surface area contributed by atoms with Gasteiger partial charge in [0.2, 0.25) is 0 Å². The van der Waals surface area contributed by atoms with Crippen LogP contribution in [0.5, 0.6) is 0 Å². The third-order valence-corrected chi connectivity index (χ3v) is 3.88. The summed E-state index contributed by atoms with van der Waals surface area (Å²) in [5, 5.41) is 9.80. The molecule has 1 aliphatic carbocycles. The molecule has 2 nitrogen and oxygen atoms in total. The highest BCUT2D eigenvalue weighted by Gasteiger charge is 2.44. The van der Waals surface area contributed by atoms with Gasteiger partial charge in [-0.15, -0.1) is 0 Å². The second-order valence-electron chi connectivity index (χ2n) is 4.54. The monoisotopic (exact) mass is 256 g/mol. The molecule has 4 heteroatoms. The first-order valence-corrected chi connectivity index (χ1v) is 6.06. The van der Waals surface area contributed by atoms with Crippen molar-refractivity contribution in [3.8, 4) is 0 Å². The number of carboxylic acids is 1. The van der Waals surface area contributed by atoms with Gasteiger partial charge < -0.3 is 5.11 Å². The van der Waals surface area contributed by atoms with Crippen molar-refractivity contribution in [3.63, 3.8) is 0 Å². The molecule has 0 bridgehead atoms. The van der Waals surface area contributed by atoms with Gasteiger partial charge in [-0.2, -0.15) is 0 Å². The van der Waals surface area contributed by atoms with Crippen LogP contribution < -0.4 is 0 Å². The molecule has 92 valence electrons. The summed E-state index contributed by atoms with van der Waals surface area (Å²) in [4.78, 5) is 11.5. The second kappa shape index (κ2) is 4.65. The standard InChI is InChI=1S/C13H14ClFO2/c14-11-7-9(8-15)3-4-10(11)13(12(16)17)5-1-2-6-13/h3-4,7H,1-2,5-6,8H2,(H,16,17). The van der Waals surface area contributed by atoms with Crippen molar-refractivity contribution < 1.29 is 14.3 Å². The number of carbonyl (C=O) groups is 1. The zero-order valence-electron chi connectivity index (χ0n) is 9.38. The van der Waals surface area contributed by atoms with Crippen molar-refractivity contribution in [1.82, 2.24) is 0 Å². The number of aliphatic carboxylic acids is 1. The first-order chi connectivity index (χ1) is 8.10. The third kappa shape index (κ3) is 2.04. The number of hydrogen-bond donors (Lipinski definition) is 1. The van der Waals surface area contributed by atoms with Crippen molar-refractivity contribution in [2.75, 3.05) is 0 Å². The van der Waals surface area contributed by atoms with E-state index in [0.717, 1.165) is 12.8 Å². The van der Waals surface area contributed by atoms with E-state index in [-0.39, 0.29) is 0 Å². The van der Waals surface area contributed by atoms with Crippen molar-refractivity contribution in [3.05, 3.63) is 34.3 Å². The number of carboxylic acid groups (broad SMARTS) is 1. The Bertz CT molecular complexity index is 439. The number of hydrogen-bond acceptors (Lipinski definition) is 1. The Labute approximate surface area is 104 Å². The highest BCUT2D eigenvalue weighted by atomic mass is 35.5. The maximum Gasteiger partial charge on any atom is 0.314 e. The Morgan fingerprint density at radius 2 is 2.06 bits per heavy atom. The average Bonchev–Trinajstić information content (AvgIpc) is 2.79. The molecule has 0 radical (unpaired) electrons. The van der Waals surface area contributed by atoms with Gasteiger partial charge in [0.05, 0.1) is 5.41 Å².